The normalized spacial score (nSPS) is 32.4. The van der Waals surface area contributed by atoms with E-state index in [9.17, 15) is 0 Å². The maximum atomic E-state index is 3.92. The Kier molecular flexibility index (Phi) is 4.19. The molecule has 0 aromatic carbocycles. The molecule has 3 atom stereocenters. The van der Waals surface area contributed by atoms with Crippen molar-refractivity contribution in [2.45, 2.75) is 20.3 Å². The lowest BCUT2D eigenvalue weighted by Crippen LogP contribution is -2.34. The van der Waals surface area contributed by atoms with Crippen molar-refractivity contribution in [2.75, 3.05) is 20.3 Å². The van der Waals surface area contributed by atoms with Crippen molar-refractivity contribution in [1.82, 2.24) is 4.90 Å². The maximum absolute atomic E-state index is 3.92. The van der Waals surface area contributed by atoms with Crippen LogP contribution < -0.4 is 0 Å². The Morgan fingerprint density at radius 3 is 2.64 bits per heavy atom. The molecular formula is C12H22NP. The van der Waals surface area contributed by atoms with Crippen molar-refractivity contribution in [3.05, 3.63) is 23.7 Å². The first-order valence-corrected chi connectivity index (χ1v) is 6.85. The van der Waals surface area contributed by atoms with Crippen LogP contribution in [0.15, 0.2) is 23.7 Å². The first kappa shape index (κ1) is 11.8. The van der Waals surface area contributed by atoms with Gasteiger partial charge < -0.3 is 4.90 Å². The highest BCUT2D eigenvalue weighted by atomic mass is 31.1. The van der Waals surface area contributed by atoms with Gasteiger partial charge in [0.25, 0.3) is 0 Å². The molecule has 0 N–H and O–H groups in total. The number of rotatable bonds is 2. The van der Waals surface area contributed by atoms with Gasteiger partial charge in [-0.3, -0.25) is 0 Å². The largest absolute Gasteiger partial charge is 0.377 e. The summed E-state index contributed by atoms with van der Waals surface area (Å²) in [7, 11) is 3.08. The second-order valence-corrected chi connectivity index (χ2v) is 5.41. The molecule has 14 heavy (non-hydrogen) atoms. The Balaban J connectivity index is 2.95. The van der Waals surface area contributed by atoms with Gasteiger partial charge in [0.15, 0.2) is 0 Å². The molecule has 0 aromatic heterocycles. The van der Waals surface area contributed by atoms with E-state index in [1.807, 2.05) is 6.08 Å². The van der Waals surface area contributed by atoms with Gasteiger partial charge in [0.1, 0.15) is 0 Å². The lowest BCUT2D eigenvalue weighted by Gasteiger charge is -2.38. The van der Waals surface area contributed by atoms with Gasteiger partial charge in [0.2, 0.25) is 0 Å². The minimum absolute atomic E-state index is 0.698. The second-order valence-electron chi connectivity index (χ2n) is 4.38. The summed E-state index contributed by atoms with van der Waals surface area (Å²) >= 11 is 0. The minimum atomic E-state index is 0.698. The second kappa shape index (κ2) is 4.98. The zero-order valence-electron chi connectivity index (χ0n) is 9.80. The quantitative estimate of drug-likeness (QED) is 0.633. The average Bonchev–Trinajstić information content (AvgIpc) is 2.10. The SMILES string of the molecule is C=C/C(PC)=C1/C(C)CC(C)CN1C. The van der Waals surface area contributed by atoms with Crippen molar-refractivity contribution in [3.8, 4) is 0 Å². The van der Waals surface area contributed by atoms with Crippen LogP contribution >= 0.6 is 8.58 Å². The molecule has 1 saturated heterocycles. The van der Waals surface area contributed by atoms with Crippen LogP contribution in [0.5, 0.6) is 0 Å². The highest BCUT2D eigenvalue weighted by Crippen LogP contribution is 2.36. The number of allylic oxidation sites excluding steroid dienone is 3. The van der Waals surface area contributed by atoms with Gasteiger partial charge in [0, 0.05) is 19.3 Å². The van der Waals surface area contributed by atoms with Gasteiger partial charge in [-0.2, -0.15) is 0 Å². The van der Waals surface area contributed by atoms with E-state index < -0.39 is 0 Å². The highest BCUT2D eigenvalue weighted by Gasteiger charge is 2.25. The summed E-state index contributed by atoms with van der Waals surface area (Å²) in [5, 5.41) is 1.45. The van der Waals surface area contributed by atoms with Gasteiger partial charge >= 0.3 is 0 Å². The Morgan fingerprint density at radius 2 is 2.21 bits per heavy atom. The van der Waals surface area contributed by atoms with Crippen LogP contribution in [0, 0.1) is 11.8 Å². The molecule has 1 fully saturated rings. The van der Waals surface area contributed by atoms with Gasteiger partial charge in [-0.05, 0) is 30.2 Å². The van der Waals surface area contributed by atoms with Gasteiger partial charge in [-0.1, -0.05) is 35.1 Å². The lowest BCUT2D eigenvalue weighted by molar-refractivity contribution is 0.230. The predicted molar refractivity (Wildman–Crippen MR) is 67.0 cm³/mol. The molecular weight excluding hydrogens is 189 g/mol. The summed E-state index contributed by atoms with van der Waals surface area (Å²) in [5.74, 6) is 1.52. The molecule has 1 aliphatic heterocycles. The third-order valence-electron chi connectivity index (χ3n) is 2.97. The number of nitrogens with zero attached hydrogens (tertiary/aromatic N) is 1. The fourth-order valence-corrected chi connectivity index (χ4v) is 3.44. The van der Waals surface area contributed by atoms with Gasteiger partial charge in [0.05, 0.1) is 0 Å². The van der Waals surface area contributed by atoms with Crippen LogP contribution in [0.3, 0.4) is 0 Å². The first-order valence-electron chi connectivity index (χ1n) is 5.35. The lowest BCUT2D eigenvalue weighted by atomic mass is 9.89. The van der Waals surface area contributed by atoms with E-state index in [1.165, 1.54) is 24.0 Å². The summed E-state index contributed by atoms with van der Waals surface area (Å²) in [6.07, 6.45) is 3.36. The minimum Gasteiger partial charge on any atom is -0.377 e. The standard InChI is InChI=1S/C12H22NP/c1-6-11(14-5)12-10(3)7-9(2)8-13(12)4/h6,9-10,14H,1,7-8H2,2-5H3/b12-11+. The Hall–Kier alpha value is -0.290. The molecule has 0 radical (unpaired) electrons. The van der Waals surface area contributed by atoms with Gasteiger partial charge in [-0.15, -0.1) is 0 Å². The molecule has 1 heterocycles. The monoisotopic (exact) mass is 211 g/mol. The molecule has 0 aromatic rings. The predicted octanol–water partition coefficient (Wildman–Crippen LogP) is 3.30. The summed E-state index contributed by atoms with van der Waals surface area (Å²) in [6, 6.07) is 0. The van der Waals surface area contributed by atoms with Crippen LogP contribution in [0.2, 0.25) is 0 Å². The molecule has 1 nitrogen and oxygen atoms in total. The number of hydrogen-bond acceptors (Lipinski definition) is 1. The summed E-state index contributed by atoms with van der Waals surface area (Å²) < 4.78 is 0. The Bertz CT molecular complexity index is 231. The van der Waals surface area contributed by atoms with Crippen molar-refractivity contribution in [1.29, 1.82) is 0 Å². The van der Waals surface area contributed by atoms with Crippen molar-refractivity contribution >= 4 is 8.58 Å². The molecule has 1 aliphatic rings. The molecule has 0 aliphatic carbocycles. The van der Waals surface area contributed by atoms with Crippen LogP contribution in [0.1, 0.15) is 20.3 Å². The first-order chi connectivity index (χ1) is 6.60. The maximum Gasteiger partial charge on any atom is 0.0234 e. The zero-order valence-corrected chi connectivity index (χ0v) is 10.8. The zero-order chi connectivity index (χ0) is 10.7. The molecule has 80 valence electrons. The molecule has 3 unspecified atom stereocenters. The van der Waals surface area contributed by atoms with E-state index >= 15 is 0 Å². The van der Waals surface area contributed by atoms with E-state index in [2.05, 4.69) is 39.0 Å². The molecule has 0 saturated carbocycles. The van der Waals surface area contributed by atoms with Crippen LogP contribution in [-0.2, 0) is 0 Å². The molecule has 2 heteroatoms. The van der Waals surface area contributed by atoms with Crippen LogP contribution in [-0.4, -0.2) is 25.2 Å². The Morgan fingerprint density at radius 1 is 1.57 bits per heavy atom. The fraction of sp³-hybridized carbons (Fsp3) is 0.667. The van der Waals surface area contributed by atoms with E-state index in [0.29, 0.717) is 5.92 Å². The van der Waals surface area contributed by atoms with Crippen LogP contribution in [0.25, 0.3) is 0 Å². The summed E-state index contributed by atoms with van der Waals surface area (Å²) in [4.78, 5) is 2.42. The van der Waals surface area contributed by atoms with E-state index in [-0.39, 0.29) is 0 Å². The smallest absolute Gasteiger partial charge is 0.0234 e. The van der Waals surface area contributed by atoms with E-state index in [1.54, 1.807) is 0 Å². The third-order valence-corrected chi connectivity index (χ3v) is 3.97. The molecule has 1 rings (SSSR count). The van der Waals surface area contributed by atoms with Crippen molar-refractivity contribution < 1.29 is 0 Å². The van der Waals surface area contributed by atoms with Crippen molar-refractivity contribution in [3.63, 3.8) is 0 Å². The highest BCUT2D eigenvalue weighted by molar-refractivity contribution is 7.42. The average molecular weight is 211 g/mol. The number of likely N-dealkylation sites (tertiary alicyclic amines) is 1. The number of piperidine rings is 1. The van der Waals surface area contributed by atoms with E-state index in [0.717, 1.165) is 14.5 Å². The van der Waals surface area contributed by atoms with E-state index in [4.69, 9.17) is 0 Å². The summed E-state index contributed by atoms with van der Waals surface area (Å²) in [6.45, 7) is 12.0. The Labute approximate surface area is 90.0 Å². The van der Waals surface area contributed by atoms with Crippen molar-refractivity contribution in [2.24, 2.45) is 11.8 Å². The van der Waals surface area contributed by atoms with Crippen LogP contribution in [0.4, 0.5) is 0 Å². The third kappa shape index (κ3) is 2.39. The van der Waals surface area contributed by atoms with Gasteiger partial charge in [-0.25, -0.2) is 0 Å². The molecule has 0 spiro atoms. The molecule has 0 bridgehead atoms. The topological polar surface area (TPSA) is 3.24 Å². The number of hydrogen-bond donors (Lipinski definition) is 0. The molecule has 0 amide bonds. The summed E-state index contributed by atoms with van der Waals surface area (Å²) in [5.41, 5.74) is 1.53. The fourth-order valence-electron chi connectivity index (χ4n) is 2.54.